The smallest absolute Gasteiger partial charge is 0.338 e. The first-order valence-corrected chi connectivity index (χ1v) is 9.26. The molecule has 2 heterocycles. The molecule has 9 heteroatoms. The average Bonchev–Trinajstić information content (AvgIpc) is 3.06. The molecule has 1 aromatic carbocycles. The summed E-state index contributed by atoms with van der Waals surface area (Å²) in [7, 11) is 4.34. The van der Waals surface area contributed by atoms with Crippen LogP contribution in [0.3, 0.4) is 0 Å². The van der Waals surface area contributed by atoms with Crippen LogP contribution in [0, 0.1) is 0 Å². The molecule has 1 N–H and O–H groups in total. The largest absolute Gasteiger partial charge is 0.493 e. The fourth-order valence-electron chi connectivity index (χ4n) is 3.32. The Morgan fingerprint density at radius 2 is 2.00 bits per heavy atom. The van der Waals surface area contributed by atoms with Crippen LogP contribution in [0.15, 0.2) is 45.6 Å². The van der Waals surface area contributed by atoms with E-state index in [1.807, 2.05) is 6.07 Å². The fraction of sp³-hybridized carbons (Fsp3) is 0.316. The molecule has 0 radical (unpaired) electrons. The zero-order valence-electron chi connectivity index (χ0n) is 15.9. The third-order valence-electron chi connectivity index (χ3n) is 4.47. The Bertz CT molecular complexity index is 921. The molecule has 1 unspecified atom stereocenters. The quantitative estimate of drug-likeness (QED) is 0.723. The zero-order valence-corrected chi connectivity index (χ0v) is 16.7. The molecule has 1 aromatic rings. The molecule has 0 spiro atoms. The lowest BCUT2D eigenvalue weighted by molar-refractivity contribution is -0.137. The average molecular weight is 404 g/mol. The fourth-order valence-corrected chi connectivity index (χ4v) is 4.28. The summed E-state index contributed by atoms with van der Waals surface area (Å²) in [6.07, 6.45) is -0.206. The van der Waals surface area contributed by atoms with E-state index in [1.54, 1.807) is 29.4 Å². The number of hydrogen-bond acceptors (Lipinski definition) is 8. The molecular formula is C19H20N2O6S. The molecule has 0 amide bonds. The van der Waals surface area contributed by atoms with Crippen LogP contribution in [0.5, 0.6) is 11.5 Å². The maximum absolute atomic E-state index is 12.6. The van der Waals surface area contributed by atoms with E-state index in [2.05, 4.69) is 4.99 Å². The number of nitrogens with zero attached hydrogens (tertiary/aromatic N) is 2. The summed E-state index contributed by atoms with van der Waals surface area (Å²) in [6, 6.07) is 4.69. The number of fused-ring (bicyclic) bond motifs is 1. The van der Waals surface area contributed by atoms with Gasteiger partial charge in [-0.05, 0) is 18.4 Å². The minimum absolute atomic E-state index is 0.206. The number of carboxylic acid groups (broad SMARTS) is 1. The molecule has 0 saturated heterocycles. The number of thioether (sulfide) groups is 1. The number of carbonyl (C=O) groups excluding carboxylic acids is 1. The lowest BCUT2D eigenvalue weighted by atomic mass is 9.93. The van der Waals surface area contributed by atoms with Crippen LogP contribution in [0.25, 0.3) is 0 Å². The van der Waals surface area contributed by atoms with Crippen LogP contribution in [-0.2, 0) is 14.3 Å². The van der Waals surface area contributed by atoms with E-state index in [0.717, 1.165) is 0 Å². The second kappa shape index (κ2) is 7.97. The number of benzene rings is 1. The number of hydrogen-bond donors (Lipinski definition) is 1. The van der Waals surface area contributed by atoms with Crippen molar-refractivity contribution in [2.45, 2.75) is 19.4 Å². The third kappa shape index (κ3) is 3.33. The Morgan fingerprint density at radius 3 is 2.61 bits per heavy atom. The van der Waals surface area contributed by atoms with Gasteiger partial charge in [0.05, 0.1) is 45.1 Å². The summed E-state index contributed by atoms with van der Waals surface area (Å²) in [4.78, 5) is 30.2. The van der Waals surface area contributed by atoms with E-state index in [9.17, 15) is 14.7 Å². The summed E-state index contributed by atoms with van der Waals surface area (Å²) in [6.45, 7) is 1.73. The van der Waals surface area contributed by atoms with Gasteiger partial charge in [-0.1, -0.05) is 23.9 Å². The van der Waals surface area contributed by atoms with Crippen molar-refractivity contribution in [3.8, 4) is 11.5 Å². The van der Waals surface area contributed by atoms with Crippen LogP contribution in [0.2, 0.25) is 0 Å². The predicted octanol–water partition coefficient (Wildman–Crippen LogP) is 2.93. The Balaban J connectivity index is 2.23. The van der Waals surface area contributed by atoms with Gasteiger partial charge < -0.3 is 24.2 Å². The highest BCUT2D eigenvalue weighted by atomic mass is 32.2. The number of carbonyl (C=O) groups is 2. The third-order valence-corrected chi connectivity index (χ3v) is 5.36. The summed E-state index contributed by atoms with van der Waals surface area (Å²) in [5.74, 6) is -0.560. The van der Waals surface area contributed by atoms with Gasteiger partial charge in [-0.15, -0.1) is 0 Å². The minimum atomic E-state index is -0.977. The molecule has 3 rings (SSSR count). The molecular weight excluding hydrogens is 384 g/mol. The van der Waals surface area contributed by atoms with Gasteiger partial charge in [0.2, 0.25) is 0 Å². The summed E-state index contributed by atoms with van der Waals surface area (Å²) >= 11 is 1.32. The van der Waals surface area contributed by atoms with Crippen molar-refractivity contribution in [3.63, 3.8) is 0 Å². The first-order chi connectivity index (χ1) is 13.4. The van der Waals surface area contributed by atoms with Gasteiger partial charge in [-0.2, -0.15) is 0 Å². The Hall–Kier alpha value is -2.94. The highest BCUT2D eigenvalue weighted by Gasteiger charge is 2.42. The van der Waals surface area contributed by atoms with Crippen LogP contribution in [0.1, 0.15) is 24.9 Å². The molecule has 2 aliphatic heterocycles. The number of ether oxygens (including phenoxy) is 3. The molecule has 2 aliphatic rings. The maximum Gasteiger partial charge on any atom is 0.338 e. The van der Waals surface area contributed by atoms with Gasteiger partial charge in [-0.3, -0.25) is 4.79 Å². The summed E-state index contributed by atoms with van der Waals surface area (Å²) in [5, 5.41) is 11.6. The second-order valence-corrected chi connectivity index (χ2v) is 6.87. The van der Waals surface area contributed by atoms with Crippen molar-refractivity contribution >= 4 is 28.9 Å². The zero-order chi connectivity index (χ0) is 20.4. The predicted molar refractivity (Wildman–Crippen MR) is 104 cm³/mol. The number of carboxylic acids is 1. The number of allylic oxidation sites excluding steroid dienone is 1. The number of aliphatic carboxylic acids is 1. The van der Waals surface area contributed by atoms with Gasteiger partial charge in [0.25, 0.3) is 0 Å². The first-order valence-electron chi connectivity index (χ1n) is 8.38. The van der Waals surface area contributed by atoms with Crippen molar-refractivity contribution < 1.29 is 28.9 Å². The normalized spacial score (nSPS) is 18.3. The van der Waals surface area contributed by atoms with Crippen molar-refractivity contribution in [1.82, 2.24) is 4.90 Å². The molecule has 148 valence electrons. The molecule has 0 bridgehead atoms. The number of methoxy groups -OCH3 is 3. The van der Waals surface area contributed by atoms with Crippen molar-refractivity contribution in [2.24, 2.45) is 4.99 Å². The highest BCUT2D eigenvalue weighted by Crippen LogP contribution is 2.48. The van der Waals surface area contributed by atoms with E-state index in [0.29, 0.717) is 39.2 Å². The van der Waals surface area contributed by atoms with Crippen LogP contribution >= 0.6 is 11.8 Å². The van der Waals surface area contributed by atoms with Gasteiger partial charge >= 0.3 is 11.9 Å². The SMILES string of the molecule is COC(=O)C1=C(C)N=C2SC=C(CC(=O)O)N2C1c1cccc(OC)c1OC. The monoisotopic (exact) mass is 404 g/mol. The van der Waals surface area contributed by atoms with E-state index in [-0.39, 0.29) is 6.42 Å². The Kier molecular flexibility index (Phi) is 5.64. The van der Waals surface area contributed by atoms with Gasteiger partial charge in [-0.25, -0.2) is 9.79 Å². The lowest BCUT2D eigenvalue weighted by Gasteiger charge is -2.36. The summed E-state index contributed by atoms with van der Waals surface area (Å²) < 4.78 is 16.0. The molecule has 8 nitrogen and oxygen atoms in total. The van der Waals surface area contributed by atoms with Crippen molar-refractivity contribution in [2.75, 3.05) is 21.3 Å². The molecule has 28 heavy (non-hydrogen) atoms. The molecule has 0 aliphatic carbocycles. The molecule has 0 saturated carbocycles. The van der Waals surface area contributed by atoms with E-state index < -0.39 is 18.0 Å². The van der Waals surface area contributed by atoms with E-state index >= 15 is 0 Å². The molecule has 1 atom stereocenters. The maximum atomic E-state index is 12.6. The van der Waals surface area contributed by atoms with Crippen molar-refractivity contribution in [1.29, 1.82) is 0 Å². The van der Waals surface area contributed by atoms with E-state index in [4.69, 9.17) is 14.2 Å². The molecule has 0 fully saturated rings. The highest BCUT2D eigenvalue weighted by molar-refractivity contribution is 8.16. The van der Waals surface area contributed by atoms with E-state index in [1.165, 1.54) is 33.1 Å². The van der Waals surface area contributed by atoms with Gasteiger partial charge in [0.15, 0.2) is 16.7 Å². The topological polar surface area (TPSA) is 97.7 Å². The number of rotatable bonds is 6. The van der Waals surface area contributed by atoms with Crippen molar-refractivity contribution in [3.05, 3.63) is 46.1 Å². The summed E-state index contributed by atoms with van der Waals surface area (Å²) in [5.41, 5.74) is 2.00. The standard InChI is InChI=1S/C19H20N2O6S/c1-10-15(18(24)27-4)16(12-6-5-7-13(25-2)17(12)26-3)21-11(8-14(22)23)9-28-19(21)20-10/h5-7,9,16H,8H2,1-4H3,(H,22,23). The van der Waals surface area contributed by atoms with Gasteiger partial charge in [0.1, 0.15) is 0 Å². The number of amidine groups is 1. The first kappa shape index (κ1) is 19.8. The minimum Gasteiger partial charge on any atom is -0.493 e. The second-order valence-electron chi connectivity index (χ2n) is 6.04. The van der Waals surface area contributed by atoms with Crippen LogP contribution in [0.4, 0.5) is 0 Å². The number of para-hydroxylation sites is 1. The van der Waals surface area contributed by atoms with Crippen LogP contribution in [-0.4, -0.2) is 48.4 Å². The van der Waals surface area contributed by atoms with Gasteiger partial charge in [0, 0.05) is 11.3 Å². The Morgan fingerprint density at radius 1 is 1.25 bits per heavy atom. The lowest BCUT2D eigenvalue weighted by Crippen LogP contribution is -2.37. The molecule has 0 aromatic heterocycles. The number of aliphatic imine (C=N–C) groups is 1. The van der Waals surface area contributed by atoms with Crippen LogP contribution < -0.4 is 9.47 Å². The Labute approximate surface area is 166 Å². The number of esters is 1.